The van der Waals surface area contributed by atoms with E-state index >= 15 is 0 Å². The van der Waals surface area contributed by atoms with Gasteiger partial charge in [-0.3, -0.25) is 9.59 Å². The second-order valence-electron chi connectivity index (χ2n) is 8.03. The van der Waals surface area contributed by atoms with Gasteiger partial charge in [-0.1, -0.05) is 31.9 Å². The molecular formula is C25H29BrN2O4. The SMILES string of the molecule is CCCCCN1C(=O)C(=O)/C(=C(\O)c2ccc(OC)c(Br)c2)C1c1ccc(N(C)C)cc1. The zero-order chi connectivity index (χ0) is 23.4. The first-order valence-corrected chi connectivity index (χ1v) is 11.5. The Hall–Kier alpha value is -2.80. The van der Waals surface area contributed by atoms with Crippen LogP contribution < -0.4 is 9.64 Å². The van der Waals surface area contributed by atoms with E-state index < -0.39 is 17.7 Å². The average molecular weight is 501 g/mol. The van der Waals surface area contributed by atoms with Gasteiger partial charge in [-0.2, -0.15) is 0 Å². The maximum atomic E-state index is 13.1. The van der Waals surface area contributed by atoms with E-state index in [0.717, 1.165) is 30.5 Å². The number of ether oxygens (including phenoxy) is 1. The van der Waals surface area contributed by atoms with E-state index in [1.807, 2.05) is 43.3 Å². The van der Waals surface area contributed by atoms with Crippen LogP contribution in [-0.4, -0.2) is 49.4 Å². The predicted octanol–water partition coefficient (Wildman–Crippen LogP) is 5.14. The van der Waals surface area contributed by atoms with Gasteiger partial charge in [0.05, 0.1) is 23.2 Å². The number of hydrogen-bond acceptors (Lipinski definition) is 5. The number of carbonyl (C=O) groups is 2. The van der Waals surface area contributed by atoms with Crippen molar-refractivity contribution in [1.82, 2.24) is 4.90 Å². The third-order valence-electron chi connectivity index (χ3n) is 5.69. The van der Waals surface area contributed by atoms with E-state index in [9.17, 15) is 14.7 Å². The number of rotatable bonds is 8. The minimum Gasteiger partial charge on any atom is -0.507 e. The van der Waals surface area contributed by atoms with Crippen LogP contribution in [0, 0.1) is 0 Å². The summed E-state index contributed by atoms with van der Waals surface area (Å²) >= 11 is 3.42. The maximum absolute atomic E-state index is 13.1. The summed E-state index contributed by atoms with van der Waals surface area (Å²) < 4.78 is 5.90. The molecule has 170 valence electrons. The molecule has 6 nitrogen and oxygen atoms in total. The number of amides is 1. The van der Waals surface area contributed by atoms with Gasteiger partial charge in [0.15, 0.2) is 0 Å². The molecule has 1 unspecified atom stereocenters. The van der Waals surface area contributed by atoms with Crippen LogP contribution in [0.2, 0.25) is 0 Å². The van der Waals surface area contributed by atoms with Crippen LogP contribution in [0.4, 0.5) is 5.69 Å². The fraction of sp³-hybridized carbons (Fsp3) is 0.360. The van der Waals surface area contributed by atoms with E-state index in [1.54, 1.807) is 30.2 Å². The fourth-order valence-corrected chi connectivity index (χ4v) is 4.45. The van der Waals surface area contributed by atoms with Gasteiger partial charge >= 0.3 is 0 Å². The zero-order valence-electron chi connectivity index (χ0n) is 18.9. The normalized spacial score (nSPS) is 17.7. The number of halogens is 1. The lowest BCUT2D eigenvalue weighted by Crippen LogP contribution is -2.30. The van der Waals surface area contributed by atoms with E-state index in [0.29, 0.717) is 22.3 Å². The number of unbranched alkanes of at least 4 members (excludes halogenated alkanes) is 2. The molecule has 32 heavy (non-hydrogen) atoms. The van der Waals surface area contributed by atoms with Crippen LogP contribution in [0.5, 0.6) is 5.75 Å². The Morgan fingerprint density at radius 1 is 1.12 bits per heavy atom. The maximum Gasteiger partial charge on any atom is 0.295 e. The van der Waals surface area contributed by atoms with Crippen molar-refractivity contribution in [3.63, 3.8) is 0 Å². The van der Waals surface area contributed by atoms with Gasteiger partial charge in [0, 0.05) is 31.9 Å². The van der Waals surface area contributed by atoms with Gasteiger partial charge in [-0.15, -0.1) is 0 Å². The van der Waals surface area contributed by atoms with Crippen LogP contribution in [0.25, 0.3) is 5.76 Å². The summed E-state index contributed by atoms with van der Waals surface area (Å²) in [6.45, 7) is 2.55. The van der Waals surface area contributed by atoms with Gasteiger partial charge in [0.1, 0.15) is 11.5 Å². The summed E-state index contributed by atoms with van der Waals surface area (Å²) in [6, 6.07) is 12.2. The highest BCUT2D eigenvalue weighted by molar-refractivity contribution is 9.10. The monoisotopic (exact) mass is 500 g/mol. The lowest BCUT2D eigenvalue weighted by molar-refractivity contribution is -0.139. The third-order valence-corrected chi connectivity index (χ3v) is 6.31. The Labute approximate surface area is 197 Å². The molecule has 1 aliphatic rings. The molecule has 0 saturated carbocycles. The van der Waals surface area contributed by atoms with Gasteiger partial charge in [0.25, 0.3) is 11.7 Å². The first-order valence-electron chi connectivity index (χ1n) is 10.7. The molecule has 0 aliphatic carbocycles. The summed E-state index contributed by atoms with van der Waals surface area (Å²) in [7, 11) is 5.46. The molecule has 1 fully saturated rings. The number of benzene rings is 2. The van der Waals surface area contributed by atoms with E-state index in [-0.39, 0.29) is 11.3 Å². The molecular weight excluding hydrogens is 472 g/mol. The molecule has 1 aliphatic heterocycles. The largest absolute Gasteiger partial charge is 0.507 e. The van der Waals surface area contributed by atoms with Crippen molar-refractivity contribution in [1.29, 1.82) is 0 Å². The van der Waals surface area contributed by atoms with Crippen molar-refractivity contribution in [2.75, 3.05) is 32.6 Å². The van der Waals surface area contributed by atoms with E-state index in [2.05, 4.69) is 22.9 Å². The number of hydrogen-bond donors (Lipinski definition) is 1. The lowest BCUT2D eigenvalue weighted by atomic mass is 9.95. The van der Waals surface area contributed by atoms with Crippen molar-refractivity contribution in [3.8, 4) is 5.75 Å². The third kappa shape index (κ3) is 4.67. The summed E-state index contributed by atoms with van der Waals surface area (Å²) in [5.41, 5.74) is 2.36. The number of ketones is 1. The molecule has 1 saturated heterocycles. The average Bonchev–Trinajstić information content (AvgIpc) is 3.03. The number of Topliss-reactive ketones (excluding diaryl/α,β-unsaturated/α-hetero) is 1. The van der Waals surface area contributed by atoms with Crippen molar-refractivity contribution in [2.24, 2.45) is 0 Å². The van der Waals surface area contributed by atoms with Gasteiger partial charge in [0.2, 0.25) is 0 Å². The fourth-order valence-electron chi connectivity index (χ4n) is 3.91. The lowest BCUT2D eigenvalue weighted by Gasteiger charge is -2.26. The molecule has 0 bridgehead atoms. The minimum absolute atomic E-state index is 0.112. The highest BCUT2D eigenvalue weighted by Crippen LogP contribution is 2.40. The summed E-state index contributed by atoms with van der Waals surface area (Å²) in [5, 5.41) is 11.2. The number of likely N-dealkylation sites (tertiary alicyclic amines) is 1. The van der Waals surface area contributed by atoms with Crippen molar-refractivity contribution >= 4 is 39.1 Å². The van der Waals surface area contributed by atoms with Crippen LogP contribution >= 0.6 is 15.9 Å². The van der Waals surface area contributed by atoms with Crippen LogP contribution in [-0.2, 0) is 9.59 Å². The smallest absolute Gasteiger partial charge is 0.295 e. The topological polar surface area (TPSA) is 70.1 Å². The molecule has 0 radical (unpaired) electrons. The molecule has 1 heterocycles. The number of nitrogens with zero attached hydrogens (tertiary/aromatic N) is 2. The minimum atomic E-state index is -0.660. The molecule has 1 amide bonds. The summed E-state index contributed by atoms with van der Waals surface area (Å²) in [6.07, 6.45) is 2.76. The Morgan fingerprint density at radius 2 is 1.81 bits per heavy atom. The number of carbonyl (C=O) groups excluding carboxylic acids is 2. The molecule has 7 heteroatoms. The second-order valence-corrected chi connectivity index (χ2v) is 8.89. The standard InChI is InChI=1S/C25H29BrN2O4/c1-5-6-7-14-28-22(16-8-11-18(12-9-16)27(2)3)21(24(30)25(28)31)23(29)17-10-13-20(32-4)19(26)15-17/h8-13,15,22,29H,5-7,14H2,1-4H3/b23-21-. The van der Waals surface area contributed by atoms with Gasteiger partial charge in [-0.05, 0) is 58.2 Å². The number of anilines is 1. The predicted molar refractivity (Wildman–Crippen MR) is 130 cm³/mol. The van der Waals surface area contributed by atoms with Crippen molar-refractivity contribution in [2.45, 2.75) is 32.2 Å². The molecule has 1 atom stereocenters. The number of methoxy groups -OCH3 is 1. The highest BCUT2D eigenvalue weighted by Gasteiger charge is 2.45. The Bertz CT molecular complexity index is 1030. The quantitative estimate of drug-likeness (QED) is 0.235. The van der Waals surface area contributed by atoms with Crippen LogP contribution in [0.1, 0.15) is 43.4 Å². The van der Waals surface area contributed by atoms with Crippen molar-refractivity contribution in [3.05, 3.63) is 63.6 Å². The van der Waals surface area contributed by atoms with E-state index in [1.165, 1.54) is 0 Å². The van der Waals surface area contributed by atoms with Gasteiger partial charge in [-0.25, -0.2) is 0 Å². The zero-order valence-corrected chi connectivity index (χ0v) is 20.5. The number of aliphatic hydroxyl groups excluding tert-OH is 1. The second kappa shape index (κ2) is 10.2. The first-order chi connectivity index (χ1) is 15.3. The van der Waals surface area contributed by atoms with Crippen molar-refractivity contribution < 1.29 is 19.4 Å². The molecule has 2 aromatic carbocycles. The van der Waals surface area contributed by atoms with E-state index in [4.69, 9.17) is 4.74 Å². The Balaban J connectivity index is 2.12. The molecule has 0 aromatic heterocycles. The molecule has 2 aromatic rings. The highest BCUT2D eigenvalue weighted by atomic mass is 79.9. The Morgan fingerprint density at radius 3 is 2.38 bits per heavy atom. The van der Waals surface area contributed by atoms with Crippen LogP contribution in [0.15, 0.2) is 52.5 Å². The summed E-state index contributed by atoms with van der Waals surface area (Å²) in [4.78, 5) is 29.6. The first kappa shape index (κ1) is 23.9. The molecule has 0 spiro atoms. The molecule has 1 N–H and O–H groups in total. The number of aliphatic hydroxyl groups is 1. The summed E-state index contributed by atoms with van der Waals surface area (Å²) in [5.74, 6) is -0.812. The Kier molecular flexibility index (Phi) is 7.61. The van der Waals surface area contributed by atoms with Gasteiger partial charge < -0.3 is 19.6 Å². The molecule has 3 rings (SSSR count). The van der Waals surface area contributed by atoms with Crippen LogP contribution in [0.3, 0.4) is 0 Å².